The largest absolute Gasteiger partial charge is 1.00 e. The molecule has 5 nitrogen and oxygen atoms in total. The van der Waals surface area contributed by atoms with Gasteiger partial charge >= 0.3 is 51.4 Å². The fraction of sp³-hybridized carbons (Fsp3) is 0.571. The second kappa shape index (κ2) is 7.97. The Morgan fingerprint density at radius 2 is 2.14 bits per heavy atom. The van der Waals surface area contributed by atoms with E-state index in [0.29, 0.717) is 6.42 Å². The molecule has 0 fully saturated rings. The maximum Gasteiger partial charge on any atom is 1.00 e. The number of hydrogen-bond donors (Lipinski definition) is 1. The van der Waals surface area contributed by atoms with Gasteiger partial charge < -0.3 is 9.87 Å². The summed E-state index contributed by atoms with van der Waals surface area (Å²) in [4.78, 5) is 10.7. The average Bonchev–Trinajstić information content (AvgIpc) is 2.01. The van der Waals surface area contributed by atoms with Gasteiger partial charge in [-0.3, -0.25) is 4.79 Å². The van der Waals surface area contributed by atoms with Gasteiger partial charge in [0.15, 0.2) is 0 Å². The maximum atomic E-state index is 10.7. The van der Waals surface area contributed by atoms with Gasteiger partial charge in [-0.15, -0.1) is 0 Å². The predicted molar refractivity (Wildman–Crippen MR) is 46.7 cm³/mol. The summed E-state index contributed by atoms with van der Waals surface area (Å²) in [6.07, 6.45) is 1.54. The van der Waals surface area contributed by atoms with Crippen molar-refractivity contribution in [1.82, 2.24) is 5.32 Å². The quantitative estimate of drug-likeness (QED) is 0.317. The molecule has 1 unspecified atom stereocenters. The predicted octanol–water partition coefficient (Wildman–Crippen LogP) is -3.04. The molecule has 0 aliphatic rings. The van der Waals surface area contributed by atoms with Gasteiger partial charge in [0.05, 0.1) is 0 Å². The Balaban J connectivity index is 0. The van der Waals surface area contributed by atoms with E-state index in [0.717, 1.165) is 6.08 Å². The fourth-order valence-corrected chi connectivity index (χ4v) is 1.55. The molecule has 0 saturated heterocycles. The molecule has 14 heavy (non-hydrogen) atoms. The summed E-state index contributed by atoms with van der Waals surface area (Å²) in [5.74, 6) is -0.655. The number of hydrogen-bond acceptors (Lipinski definition) is 4. The van der Waals surface area contributed by atoms with Gasteiger partial charge in [-0.1, -0.05) is 19.9 Å². The molecule has 1 N–H and O–H groups in total. The van der Waals surface area contributed by atoms with Crippen LogP contribution in [-0.2, 0) is 14.9 Å². The Kier molecular flexibility index (Phi) is 9.77. The minimum absolute atomic E-state index is 0. The number of nitrogens with one attached hydrogen (secondary N) is 1. The van der Waals surface area contributed by atoms with Gasteiger partial charge in [0.25, 0.3) is 0 Å². The molecule has 1 atom stereocenters. The molecule has 0 aliphatic heterocycles. The van der Waals surface area contributed by atoms with Crippen molar-refractivity contribution in [2.75, 3.05) is 0 Å². The summed E-state index contributed by atoms with van der Waals surface area (Å²) < 4.78 is 31.7. The van der Waals surface area contributed by atoms with E-state index in [4.69, 9.17) is 0 Å². The van der Waals surface area contributed by atoms with Gasteiger partial charge in [-0.25, -0.2) is 8.42 Å². The van der Waals surface area contributed by atoms with Gasteiger partial charge in [0.1, 0.15) is 15.5 Å². The van der Waals surface area contributed by atoms with E-state index in [1.54, 1.807) is 6.92 Å². The third kappa shape index (κ3) is 7.10. The number of carbonyl (C=O) groups excluding carboxylic acids is 1. The van der Waals surface area contributed by atoms with Crippen molar-refractivity contribution >= 4 is 16.0 Å². The van der Waals surface area contributed by atoms with Crippen molar-refractivity contribution < 1.29 is 69.1 Å². The van der Waals surface area contributed by atoms with Crippen LogP contribution in [0.4, 0.5) is 0 Å². The van der Waals surface area contributed by atoms with Gasteiger partial charge in [-0.05, 0) is 12.5 Å². The third-order valence-electron chi connectivity index (χ3n) is 1.39. The first-order valence-electron chi connectivity index (χ1n) is 3.79. The van der Waals surface area contributed by atoms with Crippen LogP contribution in [-0.4, -0.2) is 24.3 Å². The molecule has 1 amide bonds. The van der Waals surface area contributed by atoms with Crippen LogP contribution in [0.2, 0.25) is 0 Å². The van der Waals surface area contributed by atoms with E-state index in [9.17, 15) is 17.8 Å². The summed E-state index contributed by atoms with van der Waals surface area (Å²) in [5.41, 5.74) is 0. The van der Waals surface area contributed by atoms with Crippen LogP contribution in [0, 0.1) is 0 Å². The standard InChI is InChI=1S/C7H13NO4S.K/c1-3-5-7(13(10,11)12)8-6(9)4-2;/h4,7H,2-3,5H2,1H3,(H,8,9)(H,10,11,12);/q;+1/p-1. The molecule has 0 saturated carbocycles. The van der Waals surface area contributed by atoms with Gasteiger partial charge in [-0.2, -0.15) is 0 Å². The summed E-state index contributed by atoms with van der Waals surface area (Å²) in [6.45, 7) is 4.87. The second-order valence-electron chi connectivity index (χ2n) is 2.48. The van der Waals surface area contributed by atoms with Crippen molar-refractivity contribution in [3.63, 3.8) is 0 Å². The zero-order chi connectivity index (χ0) is 10.5. The smallest absolute Gasteiger partial charge is 0.746 e. The van der Waals surface area contributed by atoms with E-state index in [2.05, 4.69) is 11.9 Å². The first-order valence-corrected chi connectivity index (χ1v) is 5.26. The van der Waals surface area contributed by atoms with E-state index < -0.39 is 21.4 Å². The molecule has 0 bridgehead atoms. The van der Waals surface area contributed by atoms with Crippen LogP contribution in [0.25, 0.3) is 0 Å². The normalized spacial score (nSPS) is 12.4. The number of amides is 1. The molecule has 0 spiro atoms. The fourth-order valence-electron chi connectivity index (χ4n) is 0.768. The van der Waals surface area contributed by atoms with Crippen molar-refractivity contribution in [1.29, 1.82) is 0 Å². The molecule has 0 rings (SSSR count). The average molecular weight is 245 g/mol. The number of rotatable bonds is 5. The minimum Gasteiger partial charge on any atom is -0.746 e. The van der Waals surface area contributed by atoms with E-state index in [1.165, 1.54) is 0 Å². The maximum absolute atomic E-state index is 10.7. The van der Waals surface area contributed by atoms with Crippen LogP contribution in [0.5, 0.6) is 0 Å². The third-order valence-corrected chi connectivity index (χ3v) is 2.44. The zero-order valence-electron chi connectivity index (χ0n) is 8.32. The summed E-state index contributed by atoms with van der Waals surface area (Å²) >= 11 is 0. The van der Waals surface area contributed by atoms with Crippen molar-refractivity contribution in [2.45, 2.75) is 25.1 Å². The van der Waals surface area contributed by atoms with Crippen molar-refractivity contribution in [2.24, 2.45) is 0 Å². The summed E-state index contributed by atoms with van der Waals surface area (Å²) in [7, 11) is -4.46. The molecule has 0 heterocycles. The number of carbonyl (C=O) groups is 1. The SMILES string of the molecule is C=CC(=O)NC(CCC)S(=O)(=O)[O-].[K+]. The van der Waals surface area contributed by atoms with Crippen LogP contribution >= 0.6 is 0 Å². The Morgan fingerprint density at radius 3 is 2.43 bits per heavy atom. The van der Waals surface area contributed by atoms with E-state index in [1.807, 2.05) is 0 Å². The zero-order valence-corrected chi connectivity index (χ0v) is 12.3. The topological polar surface area (TPSA) is 86.3 Å². The molecule has 0 radical (unpaired) electrons. The monoisotopic (exact) mass is 245 g/mol. The molecule has 76 valence electrons. The molecule has 7 heteroatoms. The van der Waals surface area contributed by atoms with Crippen LogP contribution in [0.3, 0.4) is 0 Å². The molecule has 0 aromatic heterocycles. The Bertz CT molecular complexity index is 288. The van der Waals surface area contributed by atoms with Crippen LogP contribution in [0.1, 0.15) is 19.8 Å². The van der Waals surface area contributed by atoms with Crippen LogP contribution < -0.4 is 56.7 Å². The van der Waals surface area contributed by atoms with E-state index >= 15 is 0 Å². The molecule has 0 aromatic carbocycles. The van der Waals surface area contributed by atoms with E-state index in [-0.39, 0.29) is 57.8 Å². The second-order valence-corrected chi connectivity index (χ2v) is 4.04. The van der Waals surface area contributed by atoms with Gasteiger partial charge in [0.2, 0.25) is 5.91 Å². The van der Waals surface area contributed by atoms with Crippen molar-refractivity contribution in [3.8, 4) is 0 Å². The Labute approximate surface area is 127 Å². The Hall–Kier alpha value is 0.756. The van der Waals surface area contributed by atoms with Crippen molar-refractivity contribution in [3.05, 3.63) is 12.7 Å². The Morgan fingerprint density at radius 1 is 1.64 bits per heavy atom. The van der Waals surface area contributed by atoms with Crippen LogP contribution in [0.15, 0.2) is 12.7 Å². The molecule has 0 aromatic rings. The molecular formula is C7H12KNO4S. The van der Waals surface area contributed by atoms with Gasteiger partial charge in [0, 0.05) is 0 Å². The minimum atomic E-state index is -4.46. The summed E-state index contributed by atoms with van der Waals surface area (Å²) in [6, 6.07) is 0. The summed E-state index contributed by atoms with van der Waals surface area (Å²) in [5, 5.41) is 0.706. The molecular weight excluding hydrogens is 233 g/mol. The molecule has 0 aliphatic carbocycles. The first-order chi connectivity index (χ1) is 5.91. The first kappa shape index (κ1) is 17.2.